The zero-order valence-electron chi connectivity index (χ0n) is 15.1. The largest absolute Gasteiger partial charge is 0.378 e. The van der Waals surface area contributed by atoms with E-state index in [0.717, 1.165) is 24.3 Å². The van der Waals surface area contributed by atoms with Crippen molar-refractivity contribution >= 4 is 29.2 Å². The van der Waals surface area contributed by atoms with E-state index in [1.54, 1.807) is 12.1 Å². The molecular weight excluding hydrogens is 374 g/mol. The Balaban J connectivity index is 1.85. The van der Waals surface area contributed by atoms with E-state index in [1.807, 2.05) is 53.1 Å². The average Bonchev–Trinajstić information content (AvgIpc) is 3.19. The van der Waals surface area contributed by atoms with Crippen molar-refractivity contribution in [3.63, 3.8) is 0 Å². The molecule has 0 unspecified atom stereocenters. The van der Waals surface area contributed by atoms with Crippen molar-refractivity contribution in [1.82, 2.24) is 14.8 Å². The Morgan fingerprint density at radius 3 is 2.46 bits per heavy atom. The van der Waals surface area contributed by atoms with Crippen LogP contribution in [0.5, 0.6) is 0 Å². The number of ether oxygens (including phenoxy) is 1. The van der Waals surface area contributed by atoms with Crippen LogP contribution in [0.3, 0.4) is 0 Å². The minimum Gasteiger partial charge on any atom is -0.378 e. The van der Waals surface area contributed by atoms with Crippen LogP contribution in [0.25, 0.3) is 17.3 Å². The number of morpholine rings is 1. The fourth-order valence-electron chi connectivity index (χ4n) is 3.13. The lowest BCUT2D eigenvalue weighted by molar-refractivity contribution is 0.122. The summed E-state index contributed by atoms with van der Waals surface area (Å²) in [6, 6.07) is 19.5. The lowest BCUT2D eigenvalue weighted by atomic mass is 10.1. The Kier molecular flexibility index (Phi) is 5.38. The highest BCUT2D eigenvalue weighted by Crippen LogP contribution is 2.27. The van der Waals surface area contributed by atoms with E-state index in [-0.39, 0.29) is 0 Å². The first-order chi connectivity index (χ1) is 13.8. The minimum atomic E-state index is 0.393. The smallest absolute Gasteiger partial charge is 0.232 e. The summed E-state index contributed by atoms with van der Waals surface area (Å²) in [4.78, 5) is 2.12. The van der Waals surface area contributed by atoms with E-state index in [4.69, 9.17) is 16.3 Å². The molecule has 1 aromatic heterocycles. The zero-order valence-corrected chi connectivity index (χ0v) is 15.9. The molecule has 2 heterocycles. The minimum absolute atomic E-state index is 0.393. The van der Waals surface area contributed by atoms with Crippen LogP contribution < -0.4 is 4.90 Å². The summed E-state index contributed by atoms with van der Waals surface area (Å²) in [7, 11) is 0. The van der Waals surface area contributed by atoms with Crippen LogP contribution in [0.15, 0.2) is 54.6 Å². The van der Waals surface area contributed by atoms with Gasteiger partial charge >= 0.3 is 0 Å². The van der Waals surface area contributed by atoms with E-state index in [0.29, 0.717) is 35.6 Å². The van der Waals surface area contributed by atoms with Crippen molar-refractivity contribution in [2.75, 3.05) is 31.2 Å². The molecule has 6 nitrogen and oxygen atoms in total. The van der Waals surface area contributed by atoms with Gasteiger partial charge in [-0.25, -0.2) is 0 Å². The summed E-state index contributed by atoms with van der Waals surface area (Å²) in [5, 5.41) is 19.2. The molecule has 0 aliphatic carbocycles. The van der Waals surface area contributed by atoms with Gasteiger partial charge < -0.3 is 9.64 Å². The second kappa shape index (κ2) is 8.26. The number of hydrogen-bond donors (Lipinski definition) is 0. The van der Waals surface area contributed by atoms with Crippen LogP contribution in [-0.4, -0.2) is 41.1 Å². The molecule has 0 atom stereocenters. The van der Waals surface area contributed by atoms with Gasteiger partial charge in [0.2, 0.25) is 5.95 Å². The molecule has 2 aromatic carbocycles. The first-order valence-electron chi connectivity index (χ1n) is 8.98. The van der Waals surface area contributed by atoms with Gasteiger partial charge in [0, 0.05) is 18.1 Å². The van der Waals surface area contributed by atoms with Crippen molar-refractivity contribution in [3.8, 4) is 11.8 Å². The van der Waals surface area contributed by atoms with Gasteiger partial charge in [0.1, 0.15) is 6.07 Å². The number of halogens is 1. The molecule has 28 heavy (non-hydrogen) atoms. The highest BCUT2D eigenvalue weighted by atomic mass is 35.5. The first kappa shape index (κ1) is 18.2. The molecule has 140 valence electrons. The summed E-state index contributed by atoms with van der Waals surface area (Å²) in [6.07, 6.45) is 1.74. The Hall–Kier alpha value is -3.14. The third-order valence-corrected chi connectivity index (χ3v) is 4.86. The van der Waals surface area contributed by atoms with Crippen molar-refractivity contribution in [3.05, 3.63) is 71.0 Å². The molecule has 0 saturated carbocycles. The summed E-state index contributed by atoms with van der Waals surface area (Å²) < 4.78 is 7.37. The van der Waals surface area contributed by atoms with Gasteiger partial charge in [0.05, 0.1) is 24.5 Å². The van der Waals surface area contributed by atoms with Crippen LogP contribution in [0.4, 0.5) is 5.95 Å². The summed E-state index contributed by atoms with van der Waals surface area (Å²) in [6.45, 7) is 2.72. The standard InChI is InChI=1S/C21H18ClN5O/c22-19-9-5-4-6-16(19)14-17(15-23)20-24-25-21(26-10-12-28-13-11-26)27(20)18-7-2-1-3-8-18/h1-9,14H,10-13H2. The number of anilines is 1. The van der Waals surface area contributed by atoms with E-state index >= 15 is 0 Å². The monoisotopic (exact) mass is 391 g/mol. The van der Waals surface area contributed by atoms with Gasteiger partial charge in [-0.2, -0.15) is 5.26 Å². The zero-order chi connectivity index (χ0) is 19.3. The maximum Gasteiger partial charge on any atom is 0.232 e. The van der Waals surface area contributed by atoms with Crippen molar-refractivity contribution in [2.24, 2.45) is 0 Å². The molecule has 0 amide bonds. The van der Waals surface area contributed by atoms with E-state index in [2.05, 4.69) is 21.2 Å². The van der Waals surface area contributed by atoms with Crippen LogP contribution in [-0.2, 0) is 4.74 Å². The molecule has 4 rings (SSSR count). The fourth-order valence-corrected chi connectivity index (χ4v) is 3.32. The second-order valence-electron chi connectivity index (χ2n) is 6.29. The lowest BCUT2D eigenvalue weighted by Crippen LogP contribution is -2.38. The highest BCUT2D eigenvalue weighted by molar-refractivity contribution is 6.32. The van der Waals surface area contributed by atoms with Gasteiger partial charge in [0.25, 0.3) is 0 Å². The number of aromatic nitrogens is 3. The van der Waals surface area contributed by atoms with E-state index in [1.165, 1.54) is 0 Å². The number of benzene rings is 2. The summed E-state index contributed by atoms with van der Waals surface area (Å²) >= 11 is 6.28. The average molecular weight is 392 g/mol. The number of nitriles is 1. The predicted octanol–water partition coefficient (Wildman–Crippen LogP) is 3.82. The Morgan fingerprint density at radius 2 is 1.75 bits per heavy atom. The molecule has 0 radical (unpaired) electrons. The number of rotatable bonds is 4. The predicted molar refractivity (Wildman–Crippen MR) is 109 cm³/mol. The fraction of sp³-hybridized carbons (Fsp3) is 0.190. The first-order valence-corrected chi connectivity index (χ1v) is 9.36. The normalized spacial score (nSPS) is 14.7. The van der Waals surface area contributed by atoms with Crippen molar-refractivity contribution in [1.29, 1.82) is 5.26 Å². The summed E-state index contributed by atoms with van der Waals surface area (Å²) in [5.41, 5.74) is 2.05. The third-order valence-electron chi connectivity index (χ3n) is 4.52. The van der Waals surface area contributed by atoms with Gasteiger partial charge in [-0.1, -0.05) is 48.0 Å². The second-order valence-corrected chi connectivity index (χ2v) is 6.69. The lowest BCUT2D eigenvalue weighted by Gasteiger charge is -2.28. The van der Waals surface area contributed by atoms with E-state index in [9.17, 15) is 5.26 Å². The molecule has 7 heteroatoms. The molecule has 1 saturated heterocycles. The summed E-state index contributed by atoms with van der Waals surface area (Å²) in [5.74, 6) is 1.18. The molecule has 0 spiro atoms. The van der Waals surface area contributed by atoms with Gasteiger partial charge in [-0.05, 0) is 29.8 Å². The molecule has 0 bridgehead atoms. The van der Waals surface area contributed by atoms with Crippen LogP contribution in [0.1, 0.15) is 11.4 Å². The number of nitrogens with zero attached hydrogens (tertiary/aromatic N) is 5. The third kappa shape index (κ3) is 3.63. The highest BCUT2D eigenvalue weighted by Gasteiger charge is 2.23. The Morgan fingerprint density at radius 1 is 1.04 bits per heavy atom. The quantitative estimate of drug-likeness (QED) is 0.632. The molecule has 1 aliphatic heterocycles. The number of allylic oxidation sites excluding steroid dienone is 1. The van der Waals surface area contributed by atoms with Gasteiger partial charge in [0.15, 0.2) is 5.82 Å². The molecule has 1 aliphatic rings. The molecule has 0 N–H and O–H groups in total. The molecule has 1 fully saturated rings. The Labute approximate surface area is 168 Å². The number of para-hydroxylation sites is 1. The maximum absolute atomic E-state index is 9.85. The number of hydrogen-bond acceptors (Lipinski definition) is 5. The van der Waals surface area contributed by atoms with Gasteiger partial charge in [-0.3, -0.25) is 4.57 Å². The Bertz CT molecular complexity index is 1030. The maximum atomic E-state index is 9.85. The molecule has 3 aromatic rings. The van der Waals surface area contributed by atoms with E-state index < -0.39 is 0 Å². The molecular formula is C21H18ClN5O. The van der Waals surface area contributed by atoms with Crippen molar-refractivity contribution < 1.29 is 4.74 Å². The topological polar surface area (TPSA) is 67.0 Å². The SMILES string of the molecule is N#CC(=Cc1ccccc1Cl)c1nnc(N2CCOCC2)n1-c1ccccc1. The van der Waals surface area contributed by atoms with Crippen LogP contribution in [0.2, 0.25) is 5.02 Å². The van der Waals surface area contributed by atoms with Crippen molar-refractivity contribution in [2.45, 2.75) is 0 Å². The van der Waals surface area contributed by atoms with Gasteiger partial charge in [-0.15, -0.1) is 10.2 Å². The van der Waals surface area contributed by atoms with Crippen LogP contribution >= 0.6 is 11.6 Å². The van der Waals surface area contributed by atoms with Crippen LogP contribution in [0, 0.1) is 11.3 Å².